The maximum absolute atomic E-state index is 11.3. The summed E-state index contributed by atoms with van der Waals surface area (Å²) in [5, 5.41) is 0. The summed E-state index contributed by atoms with van der Waals surface area (Å²) in [6, 6.07) is 0. The van der Waals surface area contributed by atoms with Crippen molar-refractivity contribution in [1.82, 2.24) is 4.90 Å². The molecule has 0 saturated heterocycles. The Kier molecular flexibility index (Phi) is 5.43. The molecule has 0 spiro atoms. The second kappa shape index (κ2) is 5.81. The van der Waals surface area contributed by atoms with Crippen LogP contribution in [0.3, 0.4) is 0 Å². The number of hydrogen-bond acceptors (Lipinski definition) is 2. The van der Waals surface area contributed by atoms with Gasteiger partial charge in [0.2, 0.25) is 0 Å². The second-order valence-electron chi connectivity index (χ2n) is 3.30. The van der Waals surface area contributed by atoms with E-state index in [0.717, 1.165) is 18.4 Å². The molecule has 0 aliphatic heterocycles. The first-order valence-electron chi connectivity index (χ1n) is 4.46. The third-order valence-electron chi connectivity index (χ3n) is 1.65. The topological polar surface area (TPSA) is 20.3 Å². The summed E-state index contributed by atoms with van der Waals surface area (Å²) in [5.74, 6) is 0.269. The number of rotatable bonds is 5. The van der Waals surface area contributed by atoms with Crippen LogP contribution in [-0.4, -0.2) is 24.8 Å². The monoisotopic (exact) mass is 169 g/mol. The maximum atomic E-state index is 11.3. The number of carbonyl (C=O) groups is 1. The van der Waals surface area contributed by atoms with Crippen molar-refractivity contribution in [2.24, 2.45) is 0 Å². The Morgan fingerprint density at radius 3 is 2.42 bits per heavy atom. The maximum Gasteiger partial charge on any atom is 0.160 e. The number of allylic oxidation sites excluding steroid dienone is 1. The Morgan fingerprint density at radius 2 is 2.00 bits per heavy atom. The van der Waals surface area contributed by atoms with Crippen LogP contribution < -0.4 is 0 Å². The summed E-state index contributed by atoms with van der Waals surface area (Å²) in [5.41, 5.74) is 0.855. The molecule has 0 bridgehead atoms. The van der Waals surface area contributed by atoms with Crippen LogP contribution in [0.15, 0.2) is 11.8 Å². The summed E-state index contributed by atoms with van der Waals surface area (Å²) >= 11 is 0. The van der Waals surface area contributed by atoms with Crippen molar-refractivity contribution in [3.8, 4) is 0 Å². The molecule has 0 aliphatic rings. The molecule has 0 rings (SSSR count). The summed E-state index contributed by atoms with van der Waals surface area (Å²) < 4.78 is 0. The van der Waals surface area contributed by atoms with E-state index < -0.39 is 0 Å². The minimum absolute atomic E-state index is 0.269. The Bertz CT molecular complexity index is 171. The fourth-order valence-corrected chi connectivity index (χ4v) is 0.994. The first-order chi connectivity index (χ1) is 5.57. The van der Waals surface area contributed by atoms with Crippen LogP contribution in [0.4, 0.5) is 0 Å². The molecule has 0 radical (unpaired) electrons. The van der Waals surface area contributed by atoms with Gasteiger partial charge in [0.1, 0.15) is 0 Å². The highest BCUT2D eigenvalue weighted by Crippen LogP contribution is 2.03. The highest BCUT2D eigenvalue weighted by Gasteiger charge is 2.02. The minimum Gasteiger partial charge on any atom is -0.383 e. The van der Waals surface area contributed by atoms with Gasteiger partial charge in [-0.3, -0.25) is 4.79 Å². The smallest absolute Gasteiger partial charge is 0.160 e. The molecule has 0 saturated carbocycles. The first kappa shape index (κ1) is 11.2. The molecule has 0 aromatic heterocycles. The molecule has 2 heteroatoms. The fraction of sp³-hybridized carbons (Fsp3) is 0.700. The van der Waals surface area contributed by atoms with Gasteiger partial charge in [0.15, 0.2) is 5.78 Å². The zero-order chi connectivity index (χ0) is 9.56. The molecule has 0 aliphatic carbocycles. The number of hydrogen-bond donors (Lipinski definition) is 0. The van der Waals surface area contributed by atoms with Gasteiger partial charge in [0.25, 0.3) is 0 Å². The van der Waals surface area contributed by atoms with Crippen molar-refractivity contribution in [3.05, 3.63) is 11.8 Å². The van der Waals surface area contributed by atoms with E-state index in [1.807, 2.05) is 32.1 Å². The van der Waals surface area contributed by atoms with E-state index in [2.05, 4.69) is 6.92 Å². The van der Waals surface area contributed by atoms with Gasteiger partial charge < -0.3 is 4.90 Å². The number of ketones is 1. The lowest BCUT2D eigenvalue weighted by Crippen LogP contribution is -2.07. The molecule has 0 heterocycles. The summed E-state index contributed by atoms with van der Waals surface area (Å²) in [4.78, 5) is 13.2. The average molecular weight is 169 g/mol. The number of unbranched alkanes of at least 4 members (excludes halogenated alkanes) is 1. The molecular formula is C10H19NO. The van der Waals surface area contributed by atoms with E-state index in [4.69, 9.17) is 0 Å². The van der Waals surface area contributed by atoms with Crippen LogP contribution >= 0.6 is 0 Å². The molecule has 0 unspecified atom stereocenters. The largest absolute Gasteiger partial charge is 0.383 e. The van der Waals surface area contributed by atoms with Crippen LogP contribution in [0.5, 0.6) is 0 Å². The molecular weight excluding hydrogens is 150 g/mol. The van der Waals surface area contributed by atoms with E-state index in [0.29, 0.717) is 6.42 Å². The van der Waals surface area contributed by atoms with Crippen LogP contribution in [0, 0.1) is 0 Å². The van der Waals surface area contributed by atoms with Crippen molar-refractivity contribution >= 4 is 5.78 Å². The summed E-state index contributed by atoms with van der Waals surface area (Å²) in [6.07, 6.45) is 4.64. The van der Waals surface area contributed by atoms with Crippen LogP contribution in [0.2, 0.25) is 0 Å². The van der Waals surface area contributed by atoms with Crippen molar-refractivity contribution in [2.75, 3.05) is 14.1 Å². The van der Waals surface area contributed by atoms with E-state index >= 15 is 0 Å². The molecule has 2 nitrogen and oxygen atoms in total. The van der Waals surface area contributed by atoms with Crippen LogP contribution in [0.1, 0.15) is 33.1 Å². The Labute approximate surface area is 75.3 Å². The predicted octanol–water partition coefficient (Wildman–Crippen LogP) is 2.21. The van der Waals surface area contributed by atoms with Gasteiger partial charge in [-0.15, -0.1) is 0 Å². The molecule has 70 valence electrons. The van der Waals surface area contributed by atoms with Gasteiger partial charge in [0.05, 0.1) is 0 Å². The van der Waals surface area contributed by atoms with Gasteiger partial charge in [-0.2, -0.15) is 0 Å². The third kappa shape index (κ3) is 4.94. The number of carbonyl (C=O) groups excluding carboxylic acids is 1. The van der Waals surface area contributed by atoms with Crippen molar-refractivity contribution in [2.45, 2.75) is 33.1 Å². The SMILES string of the molecule is CCCCC(=O)/C(C)=C\N(C)C. The van der Waals surface area contributed by atoms with Gasteiger partial charge in [-0.05, 0) is 13.3 Å². The highest BCUT2D eigenvalue weighted by molar-refractivity contribution is 5.94. The van der Waals surface area contributed by atoms with Crippen molar-refractivity contribution in [3.63, 3.8) is 0 Å². The van der Waals surface area contributed by atoms with Gasteiger partial charge in [0, 0.05) is 32.3 Å². The zero-order valence-electron chi connectivity index (χ0n) is 8.55. The lowest BCUT2D eigenvalue weighted by atomic mass is 10.1. The van der Waals surface area contributed by atoms with E-state index in [9.17, 15) is 4.79 Å². The minimum atomic E-state index is 0.269. The summed E-state index contributed by atoms with van der Waals surface area (Å²) in [6.45, 7) is 3.97. The Morgan fingerprint density at radius 1 is 1.42 bits per heavy atom. The van der Waals surface area contributed by atoms with E-state index in [1.54, 1.807) is 0 Å². The molecule has 0 amide bonds. The van der Waals surface area contributed by atoms with E-state index in [-0.39, 0.29) is 5.78 Å². The molecule has 0 fully saturated rings. The van der Waals surface area contributed by atoms with Crippen molar-refractivity contribution < 1.29 is 4.79 Å². The fourth-order valence-electron chi connectivity index (χ4n) is 0.994. The lowest BCUT2D eigenvalue weighted by molar-refractivity contribution is -0.115. The molecule has 0 aromatic rings. The van der Waals surface area contributed by atoms with Crippen molar-refractivity contribution in [1.29, 1.82) is 0 Å². The zero-order valence-corrected chi connectivity index (χ0v) is 8.55. The molecule has 0 N–H and O–H groups in total. The average Bonchev–Trinajstić information content (AvgIpc) is 1.98. The van der Waals surface area contributed by atoms with Gasteiger partial charge in [-0.1, -0.05) is 13.3 Å². The standard InChI is InChI=1S/C10H19NO/c1-5-6-7-10(12)9(2)8-11(3)4/h8H,5-7H2,1-4H3/b9-8-. The quantitative estimate of drug-likeness (QED) is 0.588. The molecule has 0 atom stereocenters. The van der Waals surface area contributed by atoms with Gasteiger partial charge >= 0.3 is 0 Å². The first-order valence-corrected chi connectivity index (χ1v) is 4.46. The lowest BCUT2D eigenvalue weighted by Gasteiger charge is -2.06. The molecule has 0 aromatic carbocycles. The third-order valence-corrected chi connectivity index (χ3v) is 1.65. The van der Waals surface area contributed by atoms with Gasteiger partial charge in [-0.25, -0.2) is 0 Å². The number of Topliss-reactive ketones (excluding diaryl/α,β-unsaturated/α-hetero) is 1. The predicted molar refractivity (Wildman–Crippen MR) is 52.0 cm³/mol. The molecule has 12 heavy (non-hydrogen) atoms. The Balaban J connectivity index is 3.92. The van der Waals surface area contributed by atoms with Crippen LogP contribution in [-0.2, 0) is 4.79 Å². The number of nitrogens with zero attached hydrogens (tertiary/aromatic N) is 1. The highest BCUT2D eigenvalue weighted by atomic mass is 16.1. The normalized spacial score (nSPS) is 11.5. The van der Waals surface area contributed by atoms with E-state index in [1.165, 1.54) is 0 Å². The van der Waals surface area contributed by atoms with Crippen LogP contribution in [0.25, 0.3) is 0 Å². The Hall–Kier alpha value is -0.790. The second-order valence-corrected chi connectivity index (χ2v) is 3.30. The summed E-state index contributed by atoms with van der Waals surface area (Å²) in [7, 11) is 3.85.